The summed E-state index contributed by atoms with van der Waals surface area (Å²) in [5.74, 6) is 0. The van der Waals surface area contributed by atoms with Crippen LogP contribution in [0.25, 0.3) is 0 Å². The molecule has 0 saturated carbocycles. The van der Waals surface area contributed by atoms with Gasteiger partial charge in [0.05, 0.1) is 6.61 Å². The maximum Gasteiger partial charge on any atom is 0.405 e. The molecule has 5 heteroatoms. The van der Waals surface area contributed by atoms with Crippen LogP contribution in [0.1, 0.15) is 213 Å². The van der Waals surface area contributed by atoms with Gasteiger partial charge in [-0.2, -0.15) is 0 Å². The van der Waals surface area contributed by atoms with Crippen LogP contribution in [-0.2, 0) is 9.09 Å². The number of unbranched alkanes of at least 4 members (excludes halogenated alkanes) is 27. The van der Waals surface area contributed by atoms with Gasteiger partial charge in [0.2, 0.25) is 0 Å². The smallest absolute Gasteiger partial charge is 0.312 e. The van der Waals surface area contributed by atoms with E-state index < -0.39 is 7.75 Å². The van der Waals surface area contributed by atoms with Gasteiger partial charge in [0.25, 0.3) is 0 Å². The zero-order valence-electron chi connectivity index (χ0n) is 28.5. The van der Waals surface area contributed by atoms with E-state index in [1.54, 1.807) is 4.67 Å². The largest absolute Gasteiger partial charge is 0.405 e. The Balaban J connectivity index is 3.92. The quantitative estimate of drug-likeness (QED) is 0.0580. The van der Waals surface area contributed by atoms with Crippen molar-refractivity contribution < 1.29 is 14.0 Å². The predicted octanol–water partition coefficient (Wildman–Crippen LogP) is 13.2. The molecular weight excluding hydrogens is 525 g/mol. The van der Waals surface area contributed by atoms with Crippen molar-refractivity contribution in [3.8, 4) is 0 Å². The highest BCUT2D eigenvalue weighted by atomic mass is 31.2. The summed E-state index contributed by atoms with van der Waals surface area (Å²) in [6, 6.07) is 0. The fourth-order valence-electron chi connectivity index (χ4n) is 5.75. The Kier molecular flexibility index (Phi) is 33.1. The van der Waals surface area contributed by atoms with Crippen LogP contribution >= 0.6 is 7.75 Å². The first-order chi connectivity index (χ1) is 20.1. The third-order valence-corrected chi connectivity index (χ3v) is 10.3. The molecule has 1 N–H and O–H groups in total. The van der Waals surface area contributed by atoms with Crippen molar-refractivity contribution in [1.29, 1.82) is 0 Å². The van der Waals surface area contributed by atoms with Crippen LogP contribution in [-0.4, -0.2) is 29.3 Å². The zero-order chi connectivity index (χ0) is 30.1. The van der Waals surface area contributed by atoms with Crippen LogP contribution in [0.4, 0.5) is 0 Å². The normalized spacial score (nSPS) is 13.3. The van der Waals surface area contributed by atoms with Gasteiger partial charge >= 0.3 is 7.75 Å². The summed E-state index contributed by atoms with van der Waals surface area (Å²) in [5.41, 5.74) is 0. The molecule has 0 aliphatic carbocycles. The molecule has 0 rings (SSSR count). The molecule has 0 bridgehead atoms. The standard InChI is InChI=1S/C36H76NO3P/c1-4-7-10-12-14-16-18-20-22-24-26-28-30-32-34-37(41(38,39)40-36-9-6-3)35-33-31-29-27-25-23-21-19-17-15-13-11-8-5-2/h4-36H2,1-3H3,(H,38,39). The first-order valence-corrected chi connectivity index (χ1v) is 20.3. The van der Waals surface area contributed by atoms with Gasteiger partial charge in [-0.1, -0.05) is 194 Å². The van der Waals surface area contributed by atoms with Crippen molar-refractivity contribution in [3.05, 3.63) is 0 Å². The third-order valence-electron chi connectivity index (χ3n) is 8.65. The number of rotatable bonds is 35. The van der Waals surface area contributed by atoms with Gasteiger partial charge in [0.1, 0.15) is 0 Å². The van der Waals surface area contributed by atoms with E-state index in [4.69, 9.17) is 4.52 Å². The lowest BCUT2D eigenvalue weighted by Crippen LogP contribution is -2.24. The fourth-order valence-corrected chi connectivity index (χ4v) is 7.07. The highest BCUT2D eigenvalue weighted by Gasteiger charge is 2.28. The van der Waals surface area contributed by atoms with Crippen molar-refractivity contribution in [1.82, 2.24) is 4.67 Å². The van der Waals surface area contributed by atoms with E-state index in [1.165, 1.54) is 154 Å². The second kappa shape index (κ2) is 33.0. The minimum Gasteiger partial charge on any atom is -0.312 e. The molecule has 0 aliphatic rings. The van der Waals surface area contributed by atoms with E-state index in [2.05, 4.69) is 20.8 Å². The lowest BCUT2D eigenvalue weighted by molar-refractivity contribution is 0.195. The van der Waals surface area contributed by atoms with Gasteiger partial charge in [-0.15, -0.1) is 0 Å². The molecule has 0 aromatic heterocycles. The van der Waals surface area contributed by atoms with E-state index >= 15 is 0 Å². The molecule has 0 heterocycles. The van der Waals surface area contributed by atoms with E-state index in [-0.39, 0.29) is 0 Å². The van der Waals surface area contributed by atoms with E-state index in [9.17, 15) is 9.46 Å². The lowest BCUT2D eigenvalue weighted by atomic mass is 10.0. The highest BCUT2D eigenvalue weighted by molar-refractivity contribution is 7.50. The van der Waals surface area contributed by atoms with E-state index in [0.717, 1.165) is 38.5 Å². The zero-order valence-corrected chi connectivity index (χ0v) is 29.4. The van der Waals surface area contributed by atoms with Crippen molar-refractivity contribution in [2.45, 2.75) is 213 Å². The van der Waals surface area contributed by atoms with Crippen molar-refractivity contribution >= 4 is 7.75 Å². The molecular formula is C36H76NO3P. The molecule has 0 fully saturated rings. The fraction of sp³-hybridized carbons (Fsp3) is 1.00. The molecule has 0 spiro atoms. The maximum absolute atomic E-state index is 13.0. The van der Waals surface area contributed by atoms with E-state index in [0.29, 0.717) is 19.7 Å². The van der Waals surface area contributed by atoms with Crippen LogP contribution in [0.3, 0.4) is 0 Å². The molecule has 248 valence electrons. The second-order valence-electron chi connectivity index (χ2n) is 12.8. The molecule has 4 nitrogen and oxygen atoms in total. The average molecular weight is 602 g/mol. The lowest BCUT2D eigenvalue weighted by Gasteiger charge is -2.26. The Morgan fingerprint density at radius 2 is 0.659 bits per heavy atom. The Labute approximate surface area is 259 Å². The number of hydrogen-bond acceptors (Lipinski definition) is 2. The monoisotopic (exact) mass is 602 g/mol. The van der Waals surface area contributed by atoms with E-state index in [1.807, 2.05) is 0 Å². The summed E-state index contributed by atoms with van der Waals surface area (Å²) in [5, 5.41) is 0. The first-order valence-electron chi connectivity index (χ1n) is 18.8. The predicted molar refractivity (Wildman–Crippen MR) is 183 cm³/mol. The number of nitrogens with zero attached hydrogens (tertiary/aromatic N) is 1. The first kappa shape index (κ1) is 41.1. The topological polar surface area (TPSA) is 49.8 Å². The Bertz CT molecular complexity index is 513. The number of hydrogen-bond donors (Lipinski definition) is 1. The molecule has 1 atom stereocenters. The van der Waals surface area contributed by atoms with Gasteiger partial charge in [-0.3, -0.25) is 4.52 Å². The van der Waals surface area contributed by atoms with Gasteiger partial charge in [0, 0.05) is 13.1 Å². The second-order valence-corrected chi connectivity index (χ2v) is 14.6. The van der Waals surface area contributed by atoms with Crippen LogP contribution in [0.15, 0.2) is 0 Å². The SMILES string of the molecule is CCCCCCCCCCCCCCCCN(CCCCCCCCCCCCCCCC)P(=O)(O)OCCCC. The molecule has 41 heavy (non-hydrogen) atoms. The van der Waals surface area contributed by atoms with Crippen LogP contribution in [0, 0.1) is 0 Å². The summed E-state index contributed by atoms with van der Waals surface area (Å²) >= 11 is 0. The average Bonchev–Trinajstić information content (AvgIpc) is 2.96. The summed E-state index contributed by atoms with van der Waals surface area (Å²) in [4.78, 5) is 10.7. The van der Waals surface area contributed by atoms with Crippen molar-refractivity contribution in [2.24, 2.45) is 0 Å². The van der Waals surface area contributed by atoms with Crippen molar-refractivity contribution in [3.63, 3.8) is 0 Å². The molecule has 0 radical (unpaired) electrons. The highest BCUT2D eigenvalue weighted by Crippen LogP contribution is 2.46. The van der Waals surface area contributed by atoms with Gasteiger partial charge in [-0.25, -0.2) is 9.24 Å². The van der Waals surface area contributed by atoms with Crippen LogP contribution in [0.5, 0.6) is 0 Å². The van der Waals surface area contributed by atoms with Crippen molar-refractivity contribution in [2.75, 3.05) is 19.7 Å². The third kappa shape index (κ3) is 29.9. The molecule has 1 unspecified atom stereocenters. The molecule has 0 saturated heterocycles. The minimum atomic E-state index is -3.67. The summed E-state index contributed by atoms with van der Waals surface area (Å²) in [6.45, 7) is 8.43. The molecule has 0 aliphatic heterocycles. The Morgan fingerprint density at radius 3 is 0.927 bits per heavy atom. The van der Waals surface area contributed by atoms with Gasteiger partial charge in [0.15, 0.2) is 0 Å². The summed E-state index contributed by atoms with van der Waals surface area (Å²) < 4.78 is 20.3. The van der Waals surface area contributed by atoms with Gasteiger partial charge in [-0.05, 0) is 19.3 Å². The van der Waals surface area contributed by atoms with Crippen LogP contribution in [0.2, 0.25) is 0 Å². The van der Waals surface area contributed by atoms with Crippen LogP contribution < -0.4 is 0 Å². The molecule has 0 amide bonds. The Morgan fingerprint density at radius 1 is 0.415 bits per heavy atom. The molecule has 0 aromatic rings. The maximum atomic E-state index is 13.0. The van der Waals surface area contributed by atoms with Gasteiger partial charge < -0.3 is 4.89 Å². The Hall–Kier alpha value is 0.110. The minimum absolute atomic E-state index is 0.387. The molecule has 0 aromatic carbocycles. The summed E-state index contributed by atoms with van der Waals surface area (Å²) in [6.07, 6.45) is 39.1. The summed E-state index contributed by atoms with van der Waals surface area (Å²) in [7, 11) is -3.67.